The molecule has 0 atom stereocenters. The third-order valence-electron chi connectivity index (χ3n) is 4.54. The molecule has 1 N–H and O–H groups in total. The molecule has 0 aromatic carbocycles. The molecule has 118 valence electrons. The van der Waals surface area contributed by atoms with E-state index >= 15 is 0 Å². The topological polar surface area (TPSA) is 36.9 Å². The van der Waals surface area contributed by atoms with E-state index in [4.69, 9.17) is 4.74 Å². The summed E-state index contributed by atoms with van der Waals surface area (Å²) in [7, 11) is 1.73. The second kappa shape index (κ2) is 9.07. The number of hydrogen-bond acceptors (Lipinski definition) is 2. The molecule has 0 unspecified atom stereocenters. The summed E-state index contributed by atoms with van der Waals surface area (Å²) in [6.45, 7) is 6.90. The van der Waals surface area contributed by atoms with Crippen molar-refractivity contribution in [2.45, 2.75) is 45.4 Å². The highest BCUT2D eigenvalue weighted by molar-refractivity contribution is 14.0. The first kappa shape index (κ1) is 18.0. The van der Waals surface area contributed by atoms with Gasteiger partial charge in [-0.2, -0.15) is 0 Å². The fraction of sp³-hybridized carbons (Fsp3) is 0.933. The van der Waals surface area contributed by atoms with Crippen LogP contribution in [0.4, 0.5) is 0 Å². The zero-order valence-electron chi connectivity index (χ0n) is 13.0. The Kier molecular flexibility index (Phi) is 8.17. The number of likely N-dealkylation sites (tertiary alicyclic amines) is 1. The summed E-state index contributed by atoms with van der Waals surface area (Å²) in [4.78, 5) is 7.13. The minimum Gasteiger partial charge on any atom is -0.383 e. The van der Waals surface area contributed by atoms with E-state index in [0.717, 1.165) is 19.0 Å². The Balaban J connectivity index is 0.00000200. The molecule has 2 fully saturated rings. The normalized spacial score (nSPS) is 21.9. The number of halogens is 1. The van der Waals surface area contributed by atoms with Crippen LogP contribution in [0.3, 0.4) is 0 Å². The van der Waals surface area contributed by atoms with Gasteiger partial charge in [-0.1, -0.05) is 19.3 Å². The molecule has 2 aliphatic rings. The standard InChI is InChI=1S/C15H29N3O.HI/c1-3-16-14(17-10-12-19-2)18-11-9-15(13-18)7-5-4-6-8-15;/h3-13H2,1-2H3,(H,16,17);1H. The molecule has 20 heavy (non-hydrogen) atoms. The summed E-state index contributed by atoms with van der Waals surface area (Å²) in [5.74, 6) is 1.09. The van der Waals surface area contributed by atoms with Gasteiger partial charge in [0.25, 0.3) is 0 Å². The molecule has 2 rings (SSSR count). The van der Waals surface area contributed by atoms with E-state index in [2.05, 4.69) is 22.1 Å². The maximum Gasteiger partial charge on any atom is 0.194 e. The van der Waals surface area contributed by atoms with Gasteiger partial charge >= 0.3 is 0 Å². The van der Waals surface area contributed by atoms with Crippen molar-refractivity contribution in [3.8, 4) is 0 Å². The molecule has 1 aliphatic carbocycles. The zero-order chi connectivity index (χ0) is 13.6. The Morgan fingerprint density at radius 3 is 2.65 bits per heavy atom. The largest absolute Gasteiger partial charge is 0.383 e. The summed E-state index contributed by atoms with van der Waals surface area (Å²) >= 11 is 0. The maximum atomic E-state index is 5.09. The smallest absolute Gasteiger partial charge is 0.194 e. The molecular weight excluding hydrogens is 365 g/mol. The minimum atomic E-state index is 0. The van der Waals surface area contributed by atoms with E-state index in [9.17, 15) is 0 Å². The summed E-state index contributed by atoms with van der Waals surface area (Å²) in [5, 5.41) is 3.43. The number of guanidine groups is 1. The SMILES string of the molecule is CCNC(=NCCOC)N1CCC2(CCCCC2)C1.I. The number of nitrogens with one attached hydrogen (secondary N) is 1. The summed E-state index contributed by atoms with van der Waals surface area (Å²) < 4.78 is 5.09. The van der Waals surface area contributed by atoms with Gasteiger partial charge in [-0.15, -0.1) is 24.0 Å². The molecule has 1 saturated carbocycles. The van der Waals surface area contributed by atoms with E-state index in [1.54, 1.807) is 7.11 Å². The van der Waals surface area contributed by atoms with Crippen LogP contribution in [-0.4, -0.2) is 50.8 Å². The van der Waals surface area contributed by atoms with Crippen molar-refractivity contribution < 1.29 is 4.74 Å². The lowest BCUT2D eigenvalue weighted by Gasteiger charge is -2.33. The molecule has 1 aliphatic heterocycles. The number of hydrogen-bond donors (Lipinski definition) is 1. The molecular formula is C15H30IN3O. The van der Waals surface area contributed by atoms with E-state index in [1.165, 1.54) is 51.6 Å². The summed E-state index contributed by atoms with van der Waals surface area (Å²) in [6.07, 6.45) is 8.46. The molecule has 0 bridgehead atoms. The average molecular weight is 395 g/mol. The lowest BCUT2D eigenvalue weighted by atomic mass is 9.73. The second-order valence-corrected chi connectivity index (χ2v) is 5.96. The van der Waals surface area contributed by atoms with Crippen LogP contribution in [0.5, 0.6) is 0 Å². The van der Waals surface area contributed by atoms with Gasteiger partial charge in [0.1, 0.15) is 0 Å². The molecule has 4 nitrogen and oxygen atoms in total. The van der Waals surface area contributed by atoms with Gasteiger partial charge in [0.05, 0.1) is 13.2 Å². The van der Waals surface area contributed by atoms with Crippen molar-refractivity contribution in [2.75, 3.05) is 39.9 Å². The van der Waals surface area contributed by atoms with Gasteiger partial charge in [-0.3, -0.25) is 4.99 Å². The Labute approximate surface area is 140 Å². The molecule has 0 radical (unpaired) electrons. The highest BCUT2D eigenvalue weighted by Crippen LogP contribution is 2.43. The quantitative estimate of drug-likeness (QED) is 0.344. The fourth-order valence-corrected chi connectivity index (χ4v) is 3.49. The lowest BCUT2D eigenvalue weighted by Crippen LogP contribution is -2.41. The van der Waals surface area contributed by atoms with Crippen LogP contribution in [0.25, 0.3) is 0 Å². The summed E-state index contributed by atoms with van der Waals surface area (Å²) in [5.41, 5.74) is 0.593. The number of methoxy groups -OCH3 is 1. The fourth-order valence-electron chi connectivity index (χ4n) is 3.49. The average Bonchev–Trinajstić information content (AvgIpc) is 2.82. The van der Waals surface area contributed by atoms with Crippen molar-refractivity contribution in [3.05, 3.63) is 0 Å². The Bertz CT molecular complexity index is 303. The van der Waals surface area contributed by atoms with Crippen molar-refractivity contribution in [2.24, 2.45) is 10.4 Å². The van der Waals surface area contributed by atoms with Gasteiger partial charge in [0.2, 0.25) is 0 Å². The van der Waals surface area contributed by atoms with E-state index < -0.39 is 0 Å². The molecule has 0 aromatic rings. The zero-order valence-corrected chi connectivity index (χ0v) is 15.3. The van der Waals surface area contributed by atoms with Crippen LogP contribution in [0.2, 0.25) is 0 Å². The first-order valence-corrected chi connectivity index (χ1v) is 7.82. The van der Waals surface area contributed by atoms with Crippen molar-refractivity contribution in [1.29, 1.82) is 0 Å². The predicted octanol–water partition coefficient (Wildman–Crippen LogP) is 2.87. The van der Waals surface area contributed by atoms with Gasteiger partial charge < -0.3 is 15.0 Å². The number of ether oxygens (including phenoxy) is 1. The Morgan fingerprint density at radius 1 is 1.25 bits per heavy atom. The molecule has 0 aromatic heterocycles. The summed E-state index contributed by atoms with van der Waals surface area (Å²) in [6, 6.07) is 0. The monoisotopic (exact) mass is 395 g/mol. The minimum absolute atomic E-state index is 0. The molecule has 0 amide bonds. The van der Waals surface area contributed by atoms with Gasteiger partial charge in [-0.05, 0) is 31.6 Å². The van der Waals surface area contributed by atoms with Crippen LogP contribution in [0.15, 0.2) is 4.99 Å². The maximum absolute atomic E-state index is 5.09. The van der Waals surface area contributed by atoms with Crippen LogP contribution in [0.1, 0.15) is 45.4 Å². The Morgan fingerprint density at radius 2 is 2.00 bits per heavy atom. The first-order valence-electron chi connectivity index (χ1n) is 7.82. The van der Waals surface area contributed by atoms with Crippen LogP contribution in [0, 0.1) is 5.41 Å². The van der Waals surface area contributed by atoms with Crippen molar-refractivity contribution >= 4 is 29.9 Å². The predicted molar refractivity (Wildman–Crippen MR) is 95.0 cm³/mol. The third kappa shape index (κ3) is 4.76. The Hall–Kier alpha value is -0.0400. The van der Waals surface area contributed by atoms with E-state index in [-0.39, 0.29) is 24.0 Å². The molecule has 1 spiro atoms. The second-order valence-electron chi connectivity index (χ2n) is 5.96. The highest BCUT2D eigenvalue weighted by atomic mass is 127. The lowest BCUT2D eigenvalue weighted by molar-refractivity contribution is 0.201. The van der Waals surface area contributed by atoms with Gasteiger partial charge in [-0.25, -0.2) is 0 Å². The van der Waals surface area contributed by atoms with E-state index in [1.807, 2.05) is 0 Å². The van der Waals surface area contributed by atoms with Gasteiger partial charge in [0, 0.05) is 26.7 Å². The van der Waals surface area contributed by atoms with Crippen LogP contribution < -0.4 is 5.32 Å². The third-order valence-corrected chi connectivity index (χ3v) is 4.54. The molecule has 5 heteroatoms. The number of aliphatic imine (C=N–C) groups is 1. The van der Waals surface area contributed by atoms with Gasteiger partial charge in [0.15, 0.2) is 5.96 Å². The van der Waals surface area contributed by atoms with Crippen molar-refractivity contribution in [1.82, 2.24) is 10.2 Å². The van der Waals surface area contributed by atoms with E-state index in [0.29, 0.717) is 12.0 Å². The highest BCUT2D eigenvalue weighted by Gasteiger charge is 2.39. The molecule has 1 heterocycles. The number of nitrogens with zero attached hydrogens (tertiary/aromatic N) is 2. The molecule has 1 saturated heterocycles. The van der Waals surface area contributed by atoms with Crippen LogP contribution in [-0.2, 0) is 4.74 Å². The van der Waals surface area contributed by atoms with Crippen LogP contribution >= 0.6 is 24.0 Å². The first-order chi connectivity index (χ1) is 9.29. The van der Waals surface area contributed by atoms with Crippen molar-refractivity contribution in [3.63, 3.8) is 0 Å². The number of rotatable bonds is 4.